The number of carboxylic acids is 1. The Hall–Kier alpha value is -1.69. The molecule has 2 fully saturated rings. The van der Waals surface area contributed by atoms with E-state index >= 15 is 0 Å². The van der Waals surface area contributed by atoms with Crippen molar-refractivity contribution in [1.82, 2.24) is 0 Å². The smallest absolute Gasteiger partial charge is 0.335 e. The van der Waals surface area contributed by atoms with Crippen LogP contribution in [0.1, 0.15) is 30.1 Å². The second-order valence-corrected chi connectivity index (χ2v) is 6.72. The van der Waals surface area contributed by atoms with Crippen LogP contribution >= 0.6 is 15.9 Å². The lowest BCUT2D eigenvalue weighted by Crippen LogP contribution is -2.32. The van der Waals surface area contributed by atoms with E-state index in [0.29, 0.717) is 16.1 Å². The molecule has 1 aliphatic carbocycles. The van der Waals surface area contributed by atoms with Crippen LogP contribution < -0.4 is 4.90 Å². The Morgan fingerprint density at radius 3 is 2.29 bits per heavy atom. The summed E-state index contributed by atoms with van der Waals surface area (Å²) in [4.78, 5) is 37.2. The maximum atomic E-state index is 12.5. The van der Waals surface area contributed by atoms with Gasteiger partial charge in [0, 0.05) is 4.47 Å². The number of amides is 2. The molecule has 110 valence electrons. The molecule has 0 bridgehead atoms. The van der Waals surface area contributed by atoms with Crippen LogP contribution in [0.4, 0.5) is 5.69 Å². The van der Waals surface area contributed by atoms with E-state index in [4.69, 9.17) is 5.11 Å². The van der Waals surface area contributed by atoms with Crippen molar-refractivity contribution in [2.45, 2.75) is 19.8 Å². The number of hydrogen-bond acceptors (Lipinski definition) is 3. The standard InChI is InChI=1S/C15H14BrNO4/c1-7-2-11-12(3-7)14(19)17(13(11)18)10-5-8(15(20)21)4-9(16)6-10/h4-7,11-12H,2-3H2,1H3,(H,20,21). The van der Waals surface area contributed by atoms with Crippen LogP contribution in [0.25, 0.3) is 0 Å². The number of carbonyl (C=O) groups excluding carboxylic acids is 2. The van der Waals surface area contributed by atoms with Crippen molar-refractivity contribution in [3.63, 3.8) is 0 Å². The molecule has 2 aliphatic rings. The normalized spacial score (nSPS) is 28.1. The van der Waals surface area contributed by atoms with Crippen LogP contribution in [0, 0.1) is 17.8 Å². The Morgan fingerprint density at radius 1 is 1.19 bits per heavy atom. The van der Waals surface area contributed by atoms with E-state index in [0.717, 1.165) is 17.7 Å². The van der Waals surface area contributed by atoms with Crippen LogP contribution in [-0.4, -0.2) is 22.9 Å². The van der Waals surface area contributed by atoms with Crippen molar-refractivity contribution in [3.8, 4) is 0 Å². The molecule has 0 spiro atoms. The van der Waals surface area contributed by atoms with Crippen molar-refractivity contribution >= 4 is 39.4 Å². The molecule has 1 saturated carbocycles. The molecule has 21 heavy (non-hydrogen) atoms. The minimum atomic E-state index is -1.09. The van der Waals surface area contributed by atoms with E-state index in [1.807, 2.05) is 6.92 Å². The number of carboxylic acid groups (broad SMARTS) is 1. The molecule has 1 heterocycles. The summed E-state index contributed by atoms with van der Waals surface area (Å²) in [6.07, 6.45) is 1.46. The fraction of sp³-hybridized carbons (Fsp3) is 0.400. The second-order valence-electron chi connectivity index (χ2n) is 5.80. The van der Waals surface area contributed by atoms with Gasteiger partial charge in [-0.3, -0.25) is 9.59 Å². The van der Waals surface area contributed by atoms with Gasteiger partial charge in [-0.15, -0.1) is 0 Å². The number of hydrogen-bond donors (Lipinski definition) is 1. The predicted molar refractivity (Wildman–Crippen MR) is 79.0 cm³/mol. The van der Waals surface area contributed by atoms with Gasteiger partial charge in [-0.2, -0.15) is 0 Å². The highest BCUT2D eigenvalue weighted by Crippen LogP contribution is 2.44. The number of halogens is 1. The zero-order valence-corrected chi connectivity index (χ0v) is 13.0. The van der Waals surface area contributed by atoms with Crippen molar-refractivity contribution in [2.24, 2.45) is 17.8 Å². The number of benzene rings is 1. The minimum absolute atomic E-state index is 0.0467. The summed E-state index contributed by atoms with van der Waals surface area (Å²) in [5, 5.41) is 9.10. The van der Waals surface area contributed by atoms with Crippen LogP contribution in [0.2, 0.25) is 0 Å². The minimum Gasteiger partial charge on any atom is -0.478 e. The summed E-state index contributed by atoms with van der Waals surface area (Å²) in [5.41, 5.74) is 0.379. The molecule has 2 amide bonds. The molecule has 1 saturated heterocycles. The highest BCUT2D eigenvalue weighted by molar-refractivity contribution is 9.10. The molecule has 5 nitrogen and oxygen atoms in total. The van der Waals surface area contributed by atoms with Crippen molar-refractivity contribution < 1.29 is 19.5 Å². The van der Waals surface area contributed by atoms with E-state index in [1.165, 1.54) is 12.1 Å². The number of rotatable bonds is 2. The van der Waals surface area contributed by atoms with Gasteiger partial charge in [0.15, 0.2) is 0 Å². The molecular weight excluding hydrogens is 338 g/mol. The lowest BCUT2D eigenvalue weighted by atomic mass is 10.00. The maximum Gasteiger partial charge on any atom is 0.335 e. The third kappa shape index (κ3) is 2.27. The van der Waals surface area contributed by atoms with Crippen molar-refractivity contribution in [2.75, 3.05) is 4.90 Å². The molecule has 3 rings (SSSR count). The summed E-state index contributed by atoms with van der Waals surface area (Å²) < 4.78 is 0.531. The van der Waals surface area contributed by atoms with Gasteiger partial charge >= 0.3 is 5.97 Å². The van der Waals surface area contributed by atoms with E-state index in [2.05, 4.69) is 15.9 Å². The summed E-state index contributed by atoms with van der Waals surface area (Å²) in [7, 11) is 0. The Labute approximate surface area is 130 Å². The number of nitrogens with zero attached hydrogens (tertiary/aromatic N) is 1. The number of imide groups is 1. The fourth-order valence-corrected chi connectivity index (χ4v) is 3.84. The van der Waals surface area contributed by atoms with Gasteiger partial charge in [0.1, 0.15) is 0 Å². The average Bonchev–Trinajstić information content (AvgIpc) is 2.88. The topological polar surface area (TPSA) is 74.7 Å². The molecule has 2 unspecified atom stereocenters. The molecule has 1 aliphatic heterocycles. The first kappa shape index (κ1) is 14.3. The van der Waals surface area contributed by atoms with Gasteiger partial charge < -0.3 is 5.11 Å². The van der Waals surface area contributed by atoms with Crippen LogP contribution in [0.15, 0.2) is 22.7 Å². The van der Waals surface area contributed by atoms with E-state index < -0.39 is 5.97 Å². The summed E-state index contributed by atoms with van der Waals surface area (Å²) in [5.74, 6) is -1.62. The number of aromatic carboxylic acids is 1. The molecule has 6 heteroatoms. The molecule has 1 N–H and O–H groups in total. The van der Waals surface area contributed by atoms with Crippen LogP contribution in [0.5, 0.6) is 0 Å². The Balaban J connectivity index is 2.00. The SMILES string of the molecule is CC1CC2C(=O)N(c3cc(Br)cc(C(=O)O)c3)C(=O)C2C1. The fourth-order valence-electron chi connectivity index (χ4n) is 3.36. The first-order chi connectivity index (χ1) is 9.88. The quantitative estimate of drug-likeness (QED) is 0.831. The molecule has 2 atom stereocenters. The van der Waals surface area contributed by atoms with Gasteiger partial charge in [0.25, 0.3) is 0 Å². The summed E-state index contributed by atoms with van der Waals surface area (Å²) in [6, 6.07) is 4.42. The first-order valence-electron chi connectivity index (χ1n) is 6.80. The van der Waals surface area contributed by atoms with E-state index in [-0.39, 0.29) is 29.2 Å². The molecule has 1 aromatic carbocycles. The Bertz CT molecular complexity index is 633. The predicted octanol–water partition coefficient (Wildman–Crippen LogP) is 2.68. The number of anilines is 1. The highest BCUT2D eigenvalue weighted by atomic mass is 79.9. The number of fused-ring (bicyclic) bond motifs is 1. The summed E-state index contributed by atoms with van der Waals surface area (Å²) in [6.45, 7) is 2.05. The van der Waals surface area contributed by atoms with Crippen molar-refractivity contribution in [3.05, 3.63) is 28.2 Å². The van der Waals surface area contributed by atoms with Crippen LogP contribution in [0.3, 0.4) is 0 Å². The van der Waals surface area contributed by atoms with E-state index in [9.17, 15) is 14.4 Å². The number of carbonyl (C=O) groups is 3. The molecule has 1 aromatic rings. The molecule has 0 radical (unpaired) electrons. The lowest BCUT2D eigenvalue weighted by molar-refractivity contribution is -0.123. The zero-order valence-electron chi connectivity index (χ0n) is 11.4. The molecular formula is C15H14BrNO4. The second kappa shape index (κ2) is 4.94. The lowest BCUT2D eigenvalue weighted by Gasteiger charge is -2.17. The van der Waals surface area contributed by atoms with Gasteiger partial charge in [-0.05, 0) is 37.0 Å². The highest BCUT2D eigenvalue weighted by Gasteiger charge is 2.52. The molecule has 0 aromatic heterocycles. The Kier molecular flexibility index (Phi) is 3.36. The Morgan fingerprint density at radius 2 is 1.76 bits per heavy atom. The zero-order chi connectivity index (χ0) is 15.3. The van der Waals surface area contributed by atoms with Crippen LogP contribution in [-0.2, 0) is 9.59 Å². The third-order valence-electron chi connectivity index (χ3n) is 4.26. The van der Waals surface area contributed by atoms with Gasteiger partial charge in [-0.25, -0.2) is 9.69 Å². The summed E-state index contributed by atoms with van der Waals surface area (Å²) >= 11 is 3.23. The van der Waals surface area contributed by atoms with Crippen molar-refractivity contribution in [1.29, 1.82) is 0 Å². The average molecular weight is 352 g/mol. The largest absolute Gasteiger partial charge is 0.478 e. The van der Waals surface area contributed by atoms with Gasteiger partial charge in [-0.1, -0.05) is 22.9 Å². The third-order valence-corrected chi connectivity index (χ3v) is 4.72. The van der Waals surface area contributed by atoms with E-state index in [1.54, 1.807) is 6.07 Å². The monoisotopic (exact) mass is 351 g/mol. The first-order valence-corrected chi connectivity index (χ1v) is 7.59. The van der Waals surface area contributed by atoms with Gasteiger partial charge in [0.05, 0.1) is 23.1 Å². The van der Waals surface area contributed by atoms with Gasteiger partial charge in [0.2, 0.25) is 11.8 Å². The maximum absolute atomic E-state index is 12.5.